The van der Waals surface area contributed by atoms with Crippen LogP contribution in [0.5, 0.6) is 0 Å². The fraction of sp³-hybridized carbons (Fsp3) is 0.500. The van der Waals surface area contributed by atoms with Crippen molar-refractivity contribution in [1.82, 2.24) is 15.2 Å². The second-order valence-electron chi connectivity index (χ2n) is 6.70. The molecule has 4 nitrogen and oxygen atoms in total. The second-order valence-corrected chi connectivity index (χ2v) is 6.70. The minimum Gasteiger partial charge on any atom is -0.358 e. The highest BCUT2D eigenvalue weighted by molar-refractivity contribution is 5.81. The number of piperidine rings is 1. The summed E-state index contributed by atoms with van der Waals surface area (Å²) in [5.41, 5.74) is 3.71. The van der Waals surface area contributed by atoms with E-state index in [1.165, 1.54) is 22.2 Å². The van der Waals surface area contributed by atoms with Gasteiger partial charge in [-0.1, -0.05) is 11.6 Å². The van der Waals surface area contributed by atoms with Gasteiger partial charge in [0.1, 0.15) is 0 Å². The predicted octanol–water partition coefficient (Wildman–Crippen LogP) is 3.77. The van der Waals surface area contributed by atoms with E-state index in [2.05, 4.69) is 41.5 Å². The first-order chi connectivity index (χ1) is 10.5. The van der Waals surface area contributed by atoms with Crippen molar-refractivity contribution < 1.29 is 4.79 Å². The number of carbonyl (C=O) groups excluding carboxylic acids is 1. The van der Waals surface area contributed by atoms with Crippen LogP contribution in [0.15, 0.2) is 24.3 Å². The molecule has 2 heterocycles. The van der Waals surface area contributed by atoms with E-state index in [0.717, 1.165) is 25.9 Å². The van der Waals surface area contributed by atoms with Gasteiger partial charge in [-0.25, -0.2) is 4.79 Å². The SMILES string of the molecule is Cc1ccc2[nH]c(C3CCCN(C(=O)NC(C)C)C3)cc2c1. The highest BCUT2D eigenvalue weighted by Crippen LogP contribution is 2.29. The third-order valence-corrected chi connectivity index (χ3v) is 4.36. The zero-order chi connectivity index (χ0) is 15.7. The van der Waals surface area contributed by atoms with Gasteiger partial charge < -0.3 is 15.2 Å². The van der Waals surface area contributed by atoms with Gasteiger partial charge in [-0.15, -0.1) is 0 Å². The number of fused-ring (bicyclic) bond motifs is 1. The summed E-state index contributed by atoms with van der Waals surface area (Å²) in [7, 11) is 0. The Kier molecular flexibility index (Phi) is 4.10. The number of hydrogen-bond acceptors (Lipinski definition) is 1. The van der Waals surface area contributed by atoms with Crippen molar-refractivity contribution in [3.05, 3.63) is 35.5 Å². The highest BCUT2D eigenvalue weighted by Gasteiger charge is 2.26. The Morgan fingerprint density at radius 2 is 2.18 bits per heavy atom. The molecule has 1 atom stereocenters. The van der Waals surface area contributed by atoms with E-state index >= 15 is 0 Å². The first-order valence-corrected chi connectivity index (χ1v) is 8.17. The van der Waals surface area contributed by atoms with E-state index in [0.29, 0.717) is 5.92 Å². The summed E-state index contributed by atoms with van der Waals surface area (Å²) in [5, 5.41) is 4.26. The molecule has 1 aliphatic rings. The van der Waals surface area contributed by atoms with E-state index < -0.39 is 0 Å². The molecule has 1 fully saturated rings. The molecule has 2 amide bonds. The third kappa shape index (κ3) is 3.11. The average molecular weight is 299 g/mol. The lowest BCUT2D eigenvalue weighted by Gasteiger charge is -2.33. The number of nitrogens with one attached hydrogen (secondary N) is 2. The molecular weight excluding hydrogens is 274 g/mol. The van der Waals surface area contributed by atoms with Crippen molar-refractivity contribution in [1.29, 1.82) is 0 Å². The second kappa shape index (κ2) is 6.03. The molecule has 0 saturated carbocycles. The fourth-order valence-corrected chi connectivity index (χ4v) is 3.25. The van der Waals surface area contributed by atoms with Crippen molar-refractivity contribution in [2.24, 2.45) is 0 Å². The van der Waals surface area contributed by atoms with Gasteiger partial charge in [-0.3, -0.25) is 0 Å². The zero-order valence-electron chi connectivity index (χ0n) is 13.6. The number of aromatic nitrogens is 1. The summed E-state index contributed by atoms with van der Waals surface area (Å²) in [6, 6.07) is 8.97. The van der Waals surface area contributed by atoms with E-state index in [1.54, 1.807) is 0 Å². The Morgan fingerprint density at radius 1 is 1.36 bits per heavy atom. The van der Waals surface area contributed by atoms with Crippen LogP contribution in [0.1, 0.15) is 43.9 Å². The van der Waals surface area contributed by atoms with Gasteiger partial charge in [0.05, 0.1) is 0 Å². The fourth-order valence-electron chi connectivity index (χ4n) is 3.25. The predicted molar refractivity (Wildman–Crippen MR) is 90.3 cm³/mol. The number of rotatable bonds is 2. The number of amides is 2. The lowest BCUT2D eigenvalue weighted by molar-refractivity contribution is 0.177. The standard InChI is InChI=1S/C18H25N3O/c1-12(2)19-18(22)21-8-4-5-14(11-21)17-10-15-9-13(3)6-7-16(15)20-17/h6-7,9-10,12,14,20H,4-5,8,11H2,1-3H3,(H,19,22). The molecule has 1 aromatic carbocycles. The number of aryl methyl sites for hydroxylation is 1. The molecule has 4 heteroatoms. The number of aromatic amines is 1. The molecule has 1 aromatic heterocycles. The molecule has 2 aromatic rings. The van der Waals surface area contributed by atoms with Crippen LogP contribution in [0.2, 0.25) is 0 Å². The van der Waals surface area contributed by atoms with Crippen molar-refractivity contribution in [3.63, 3.8) is 0 Å². The lowest BCUT2D eigenvalue weighted by atomic mass is 9.95. The summed E-state index contributed by atoms with van der Waals surface area (Å²) in [6.07, 6.45) is 2.20. The Hall–Kier alpha value is -1.97. The molecule has 118 valence electrons. The van der Waals surface area contributed by atoms with Crippen molar-refractivity contribution >= 4 is 16.9 Å². The summed E-state index contributed by atoms with van der Waals surface area (Å²) >= 11 is 0. The Labute approximate surface area is 131 Å². The molecular formula is C18H25N3O. The topological polar surface area (TPSA) is 48.1 Å². The minimum atomic E-state index is 0.0617. The normalized spacial score (nSPS) is 18.9. The van der Waals surface area contributed by atoms with Gasteiger partial charge in [0.25, 0.3) is 0 Å². The maximum absolute atomic E-state index is 12.2. The minimum absolute atomic E-state index is 0.0617. The summed E-state index contributed by atoms with van der Waals surface area (Å²) in [5.74, 6) is 0.402. The van der Waals surface area contributed by atoms with E-state index in [1.807, 2.05) is 18.7 Å². The van der Waals surface area contributed by atoms with Crippen molar-refractivity contribution in [2.75, 3.05) is 13.1 Å². The van der Waals surface area contributed by atoms with Gasteiger partial charge in [0.15, 0.2) is 0 Å². The molecule has 1 unspecified atom stereocenters. The summed E-state index contributed by atoms with van der Waals surface area (Å²) in [4.78, 5) is 17.7. The van der Waals surface area contributed by atoms with Gasteiger partial charge >= 0.3 is 6.03 Å². The van der Waals surface area contributed by atoms with Crippen LogP contribution in [-0.4, -0.2) is 35.0 Å². The number of H-pyrrole nitrogens is 1. The van der Waals surface area contributed by atoms with Crippen LogP contribution in [0, 0.1) is 6.92 Å². The Bertz CT molecular complexity index is 674. The van der Waals surface area contributed by atoms with Gasteiger partial charge in [0, 0.05) is 36.3 Å². The molecule has 0 aliphatic carbocycles. The maximum Gasteiger partial charge on any atom is 0.317 e. The molecule has 1 saturated heterocycles. The molecule has 0 radical (unpaired) electrons. The van der Waals surface area contributed by atoms with Crippen LogP contribution in [0.3, 0.4) is 0 Å². The van der Waals surface area contributed by atoms with Crippen LogP contribution < -0.4 is 5.32 Å². The van der Waals surface area contributed by atoms with Crippen LogP contribution in [0.25, 0.3) is 10.9 Å². The number of urea groups is 1. The van der Waals surface area contributed by atoms with Gasteiger partial charge in [-0.05, 0) is 57.2 Å². The van der Waals surface area contributed by atoms with Crippen molar-refractivity contribution in [3.8, 4) is 0 Å². The highest BCUT2D eigenvalue weighted by atomic mass is 16.2. The number of nitrogens with zero attached hydrogens (tertiary/aromatic N) is 1. The zero-order valence-corrected chi connectivity index (χ0v) is 13.6. The number of hydrogen-bond donors (Lipinski definition) is 2. The molecule has 0 spiro atoms. The largest absolute Gasteiger partial charge is 0.358 e. The molecule has 22 heavy (non-hydrogen) atoms. The first kappa shape index (κ1) is 14.9. The maximum atomic E-state index is 12.2. The molecule has 0 bridgehead atoms. The third-order valence-electron chi connectivity index (χ3n) is 4.36. The van der Waals surface area contributed by atoms with E-state index in [-0.39, 0.29) is 12.1 Å². The number of carbonyl (C=O) groups is 1. The van der Waals surface area contributed by atoms with Crippen LogP contribution in [0.4, 0.5) is 4.79 Å². The van der Waals surface area contributed by atoms with E-state index in [4.69, 9.17) is 0 Å². The average Bonchev–Trinajstić information content (AvgIpc) is 2.89. The van der Waals surface area contributed by atoms with E-state index in [9.17, 15) is 4.79 Å². The summed E-state index contributed by atoms with van der Waals surface area (Å²) < 4.78 is 0. The molecule has 2 N–H and O–H groups in total. The van der Waals surface area contributed by atoms with Crippen LogP contribution in [-0.2, 0) is 0 Å². The number of benzene rings is 1. The first-order valence-electron chi connectivity index (χ1n) is 8.17. The van der Waals surface area contributed by atoms with Gasteiger partial charge in [-0.2, -0.15) is 0 Å². The Morgan fingerprint density at radius 3 is 2.95 bits per heavy atom. The smallest absolute Gasteiger partial charge is 0.317 e. The monoisotopic (exact) mass is 299 g/mol. The van der Waals surface area contributed by atoms with Crippen LogP contribution >= 0.6 is 0 Å². The van der Waals surface area contributed by atoms with Crippen molar-refractivity contribution in [2.45, 2.75) is 45.6 Å². The van der Waals surface area contributed by atoms with Gasteiger partial charge in [0.2, 0.25) is 0 Å². The quantitative estimate of drug-likeness (QED) is 0.871. The molecule has 1 aliphatic heterocycles. The number of likely N-dealkylation sites (tertiary alicyclic amines) is 1. The molecule has 3 rings (SSSR count). The summed E-state index contributed by atoms with van der Waals surface area (Å²) in [6.45, 7) is 7.77. The lowest BCUT2D eigenvalue weighted by Crippen LogP contribution is -2.47. The Balaban J connectivity index is 1.77.